The number of benzene rings is 1. The smallest absolute Gasteiger partial charge is 0.344 e. The topological polar surface area (TPSA) is 71.1 Å². The lowest BCUT2D eigenvalue weighted by Gasteiger charge is -2.12. The minimum Gasteiger partial charge on any atom is -0.496 e. The van der Waals surface area contributed by atoms with Crippen LogP contribution in [0.2, 0.25) is 0 Å². The summed E-state index contributed by atoms with van der Waals surface area (Å²) in [5, 5.41) is 0. The molecule has 0 N–H and O–H groups in total. The first-order chi connectivity index (χ1) is 9.15. The van der Waals surface area contributed by atoms with E-state index in [9.17, 15) is 9.59 Å². The van der Waals surface area contributed by atoms with Gasteiger partial charge in [0, 0.05) is 12.1 Å². The Morgan fingerprint density at radius 1 is 1.21 bits per heavy atom. The van der Waals surface area contributed by atoms with Crippen LogP contribution in [0, 0.1) is 0 Å². The first-order valence-corrected chi connectivity index (χ1v) is 5.65. The molecule has 1 aromatic rings. The van der Waals surface area contributed by atoms with Gasteiger partial charge in [0.2, 0.25) is 0 Å². The third kappa shape index (κ3) is 3.87. The van der Waals surface area contributed by atoms with Gasteiger partial charge in [0.25, 0.3) is 0 Å². The van der Waals surface area contributed by atoms with Crippen molar-refractivity contribution in [1.82, 2.24) is 0 Å². The molecule has 0 aliphatic heterocycles. The van der Waals surface area contributed by atoms with Gasteiger partial charge >= 0.3 is 5.97 Å². The highest BCUT2D eigenvalue weighted by atomic mass is 16.6. The lowest BCUT2D eigenvalue weighted by Crippen LogP contribution is -2.15. The fraction of sp³-hybridized carbons (Fsp3) is 0.385. The maximum Gasteiger partial charge on any atom is 0.344 e. The molecule has 19 heavy (non-hydrogen) atoms. The molecule has 6 nitrogen and oxygen atoms in total. The summed E-state index contributed by atoms with van der Waals surface area (Å²) in [4.78, 5) is 22.3. The fourth-order valence-corrected chi connectivity index (χ4v) is 1.44. The summed E-state index contributed by atoms with van der Waals surface area (Å²) in [6, 6.07) is 3.06. The summed E-state index contributed by atoms with van der Waals surface area (Å²) >= 11 is 0. The largest absolute Gasteiger partial charge is 0.496 e. The Labute approximate surface area is 111 Å². The summed E-state index contributed by atoms with van der Waals surface area (Å²) in [6.07, 6.45) is 0.596. The van der Waals surface area contributed by atoms with Crippen LogP contribution in [0.15, 0.2) is 12.1 Å². The number of hydrogen-bond donors (Lipinski definition) is 0. The molecular formula is C13H16O6. The van der Waals surface area contributed by atoms with Gasteiger partial charge in [0.15, 0.2) is 12.9 Å². The number of carbonyl (C=O) groups excluding carboxylic acids is 2. The van der Waals surface area contributed by atoms with Crippen LogP contribution in [0.5, 0.6) is 17.2 Å². The van der Waals surface area contributed by atoms with E-state index in [-0.39, 0.29) is 24.5 Å². The van der Waals surface area contributed by atoms with Crippen LogP contribution in [0.1, 0.15) is 17.3 Å². The van der Waals surface area contributed by atoms with E-state index >= 15 is 0 Å². The zero-order chi connectivity index (χ0) is 14.3. The maximum absolute atomic E-state index is 11.2. The first-order valence-electron chi connectivity index (χ1n) is 5.65. The number of carbonyl (C=O) groups is 2. The van der Waals surface area contributed by atoms with E-state index < -0.39 is 5.97 Å². The van der Waals surface area contributed by atoms with E-state index in [0.29, 0.717) is 17.8 Å². The van der Waals surface area contributed by atoms with Crippen LogP contribution in [-0.4, -0.2) is 39.7 Å². The van der Waals surface area contributed by atoms with Gasteiger partial charge in [-0.25, -0.2) is 4.79 Å². The van der Waals surface area contributed by atoms with Crippen molar-refractivity contribution in [2.75, 3.05) is 27.4 Å². The van der Waals surface area contributed by atoms with Gasteiger partial charge in [-0.05, 0) is 6.92 Å². The summed E-state index contributed by atoms with van der Waals surface area (Å²) in [6.45, 7) is 1.68. The molecule has 0 atom stereocenters. The number of aldehydes is 1. The van der Waals surface area contributed by atoms with E-state index in [1.165, 1.54) is 20.3 Å². The van der Waals surface area contributed by atoms with Crippen molar-refractivity contribution < 1.29 is 28.5 Å². The number of methoxy groups -OCH3 is 2. The molecule has 104 valence electrons. The third-order valence-electron chi connectivity index (χ3n) is 2.30. The number of esters is 1. The lowest BCUT2D eigenvalue weighted by molar-refractivity contribution is -0.145. The van der Waals surface area contributed by atoms with E-state index in [1.807, 2.05) is 0 Å². The highest BCUT2D eigenvalue weighted by molar-refractivity contribution is 5.84. The van der Waals surface area contributed by atoms with Gasteiger partial charge in [-0.15, -0.1) is 0 Å². The molecule has 0 unspecified atom stereocenters. The van der Waals surface area contributed by atoms with Crippen LogP contribution in [0.3, 0.4) is 0 Å². The van der Waals surface area contributed by atoms with Crippen LogP contribution in [0.25, 0.3) is 0 Å². The van der Waals surface area contributed by atoms with E-state index in [4.69, 9.17) is 18.9 Å². The Balaban J connectivity index is 2.96. The molecule has 1 aromatic carbocycles. The van der Waals surface area contributed by atoms with Gasteiger partial charge < -0.3 is 18.9 Å². The molecule has 1 rings (SSSR count). The summed E-state index contributed by atoms with van der Waals surface area (Å²) in [7, 11) is 2.90. The highest BCUT2D eigenvalue weighted by Gasteiger charge is 2.14. The van der Waals surface area contributed by atoms with Crippen molar-refractivity contribution in [3.8, 4) is 17.2 Å². The van der Waals surface area contributed by atoms with Gasteiger partial charge in [-0.2, -0.15) is 0 Å². The third-order valence-corrected chi connectivity index (χ3v) is 2.30. The molecule has 0 bridgehead atoms. The molecule has 0 amide bonds. The average Bonchev–Trinajstić information content (AvgIpc) is 2.44. The zero-order valence-corrected chi connectivity index (χ0v) is 11.1. The molecule has 0 saturated heterocycles. The molecule has 6 heteroatoms. The minimum atomic E-state index is -0.513. The van der Waals surface area contributed by atoms with Gasteiger partial charge in [0.1, 0.15) is 17.2 Å². The Morgan fingerprint density at radius 3 is 2.42 bits per heavy atom. The summed E-state index contributed by atoms with van der Waals surface area (Å²) in [5.41, 5.74) is 0.215. The van der Waals surface area contributed by atoms with Crippen LogP contribution >= 0.6 is 0 Å². The summed E-state index contributed by atoms with van der Waals surface area (Å²) in [5.74, 6) is 0.468. The normalized spacial score (nSPS) is 9.63. The van der Waals surface area contributed by atoms with Crippen LogP contribution < -0.4 is 14.2 Å². The SMILES string of the molecule is CCOC(=O)COc1cc(OC)cc(OC)c1C=O. The second kappa shape index (κ2) is 7.25. The molecule has 0 spiro atoms. The Hall–Kier alpha value is -2.24. The molecule has 0 aliphatic rings. The quantitative estimate of drug-likeness (QED) is 0.550. The second-order valence-electron chi connectivity index (χ2n) is 3.45. The van der Waals surface area contributed by atoms with Gasteiger partial charge in [-0.1, -0.05) is 0 Å². The van der Waals surface area contributed by atoms with Crippen molar-refractivity contribution in [2.45, 2.75) is 6.92 Å². The second-order valence-corrected chi connectivity index (χ2v) is 3.45. The van der Waals surface area contributed by atoms with Crippen molar-refractivity contribution in [3.63, 3.8) is 0 Å². The predicted octanol–water partition coefficient (Wildman–Crippen LogP) is 1.46. The standard InChI is InChI=1S/C13H16O6/c1-4-18-13(15)8-19-12-6-9(16-2)5-11(17-3)10(12)7-14/h5-7H,4,8H2,1-3H3. The number of rotatable bonds is 7. The zero-order valence-electron chi connectivity index (χ0n) is 11.1. The van der Waals surface area contributed by atoms with Crippen LogP contribution in [-0.2, 0) is 9.53 Å². The van der Waals surface area contributed by atoms with E-state index in [1.54, 1.807) is 13.0 Å². The molecule has 0 aromatic heterocycles. The molecular weight excluding hydrogens is 252 g/mol. The number of ether oxygens (including phenoxy) is 4. The average molecular weight is 268 g/mol. The van der Waals surface area contributed by atoms with Gasteiger partial charge in [-0.3, -0.25) is 4.79 Å². The van der Waals surface area contributed by atoms with Crippen LogP contribution in [0.4, 0.5) is 0 Å². The molecule has 0 heterocycles. The minimum absolute atomic E-state index is 0.208. The Kier molecular flexibility index (Phi) is 5.66. The monoisotopic (exact) mass is 268 g/mol. The number of hydrogen-bond acceptors (Lipinski definition) is 6. The maximum atomic E-state index is 11.2. The molecule has 0 radical (unpaired) electrons. The summed E-state index contributed by atoms with van der Waals surface area (Å²) < 4.78 is 20.1. The van der Waals surface area contributed by atoms with Crippen molar-refractivity contribution in [2.24, 2.45) is 0 Å². The lowest BCUT2D eigenvalue weighted by atomic mass is 10.2. The fourth-order valence-electron chi connectivity index (χ4n) is 1.44. The van der Waals surface area contributed by atoms with E-state index in [0.717, 1.165) is 0 Å². The molecule has 0 aliphatic carbocycles. The van der Waals surface area contributed by atoms with Crippen molar-refractivity contribution in [1.29, 1.82) is 0 Å². The van der Waals surface area contributed by atoms with E-state index in [2.05, 4.69) is 0 Å². The highest BCUT2D eigenvalue weighted by Crippen LogP contribution is 2.32. The molecule has 0 saturated carbocycles. The van der Waals surface area contributed by atoms with Crippen molar-refractivity contribution in [3.05, 3.63) is 17.7 Å². The Morgan fingerprint density at radius 2 is 1.89 bits per heavy atom. The predicted molar refractivity (Wildman–Crippen MR) is 67.1 cm³/mol. The molecule has 0 fully saturated rings. The Bertz CT molecular complexity index is 455. The van der Waals surface area contributed by atoms with Gasteiger partial charge in [0.05, 0.1) is 26.4 Å². The van der Waals surface area contributed by atoms with Crippen molar-refractivity contribution >= 4 is 12.3 Å². The first kappa shape index (κ1) is 14.8.